The van der Waals surface area contributed by atoms with Crippen molar-refractivity contribution in [1.29, 1.82) is 0 Å². The van der Waals surface area contributed by atoms with Crippen LogP contribution >= 0.6 is 0 Å². The average molecular weight is 501 g/mol. The van der Waals surface area contributed by atoms with Gasteiger partial charge in [-0.15, -0.1) is 0 Å². The summed E-state index contributed by atoms with van der Waals surface area (Å²) in [6, 6.07) is 13.9. The second kappa shape index (κ2) is 9.64. The Hall–Kier alpha value is -3.12. The molecule has 2 aliphatic heterocycles. The fraction of sp³-hybridized carbons (Fsp3) is 0.484. The molecule has 37 heavy (non-hydrogen) atoms. The smallest absolute Gasteiger partial charge is 0.336 e. The molecule has 3 aromatic rings. The highest BCUT2D eigenvalue weighted by molar-refractivity contribution is 6.03. The summed E-state index contributed by atoms with van der Waals surface area (Å²) in [6.45, 7) is 5.22. The molecule has 3 unspecified atom stereocenters. The van der Waals surface area contributed by atoms with Gasteiger partial charge in [-0.25, -0.2) is 4.79 Å². The first kappa shape index (κ1) is 24.2. The zero-order valence-electron chi connectivity index (χ0n) is 21.8. The van der Waals surface area contributed by atoms with E-state index >= 15 is 0 Å². The van der Waals surface area contributed by atoms with Gasteiger partial charge in [-0.1, -0.05) is 55.7 Å². The first-order valence-corrected chi connectivity index (χ1v) is 13.9. The number of aromatic nitrogens is 1. The first-order valence-electron chi connectivity index (χ1n) is 13.9. The molecule has 6 heteroatoms. The van der Waals surface area contributed by atoms with Crippen molar-refractivity contribution < 1.29 is 19.4 Å². The number of carboxylic acid groups (broad SMARTS) is 1. The molecule has 2 aromatic carbocycles. The van der Waals surface area contributed by atoms with Crippen LogP contribution in [-0.2, 0) is 16.0 Å². The number of aromatic carboxylic acids is 1. The van der Waals surface area contributed by atoms with Gasteiger partial charge in [-0.05, 0) is 68.2 Å². The minimum absolute atomic E-state index is 0.00161. The van der Waals surface area contributed by atoms with Crippen molar-refractivity contribution in [3.8, 4) is 11.3 Å². The van der Waals surface area contributed by atoms with Crippen LogP contribution in [0.5, 0.6) is 0 Å². The Morgan fingerprint density at radius 3 is 2.30 bits per heavy atom. The van der Waals surface area contributed by atoms with E-state index in [1.807, 2.05) is 30.9 Å². The molecular weight excluding hydrogens is 464 g/mol. The van der Waals surface area contributed by atoms with Crippen LogP contribution < -0.4 is 0 Å². The maximum absolute atomic E-state index is 14.2. The Labute approximate surface area is 218 Å². The number of carboxylic acids is 1. The minimum atomic E-state index is -0.897. The van der Waals surface area contributed by atoms with Gasteiger partial charge in [0.15, 0.2) is 0 Å². The molecule has 1 aliphatic carbocycles. The fourth-order valence-corrected chi connectivity index (χ4v) is 7.17. The van der Waals surface area contributed by atoms with E-state index in [-0.39, 0.29) is 24.2 Å². The Balaban J connectivity index is 1.61. The summed E-state index contributed by atoms with van der Waals surface area (Å²) in [4.78, 5) is 28.4. The van der Waals surface area contributed by atoms with E-state index in [0.717, 1.165) is 40.6 Å². The number of ether oxygens (including phenoxy) is 1. The summed E-state index contributed by atoms with van der Waals surface area (Å²) in [5.74, 6) is -0.364. The van der Waals surface area contributed by atoms with Crippen molar-refractivity contribution in [3.05, 3.63) is 59.2 Å². The van der Waals surface area contributed by atoms with Gasteiger partial charge < -0.3 is 19.3 Å². The highest BCUT2D eigenvalue weighted by atomic mass is 16.5. The van der Waals surface area contributed by atoms with Crippen molar-refractivity contribution in [2.45, 2.75) is 83.0 Å². The zero-order chi connectivity index (χ0) is 25.7. The Morgan fingerprint density at radius 2 is 1.62 bits per heavy atom. The van der Waals surface area contributed by atoms with Gasteiger partial charge in [0, 0.05) is 18.5 Å². The number of hydrogen-bond acceptors (Lipinski definition) is 3. The largest absolute Gasteiger partial charge is 0.478 e. The van der Waals surface area contributed by atoms with E-state index in [4.69, 9.17) is 4.74 Å². The molecule has 1 aromatic heterocycles. The fourth-order valence-electron chi connectivity index (χ4n) is 7.17. The van der Waals surface area contributed by atoms with Crippen LogP contribution in [0.4, 0.5) is 0 Å². The van der Waals surface area contributed by atoms with E-state index < -0.39 is 5.97 Å². The molecule has 3 heterocycles. The SMILES string of the molecule is CC1CN(C(=O)C2CCc3c(C(=O)O)ccc4c(C5CCCCC5)c(-c5ccccc5)n2c34)CC(C)O1. The van der Waals surface area contributed by atoms with Crippen molar-refractivity contribution >= 4 is 22.8 Å². The lowest BCUT2D eigenvalue weighted by Crippen LogP contribution is -2.50. The molecule has 0 radical (unpaired) electrons. The summed E-state index contributed by atoms with van der Waals surface area (Å²) >= 11 is 0. The zero-order valence-corrected chi connectivity index (χ0v) is 21.8. The highest BCUT2D eigenvalue weighted by Crippen LogP contribution is 2.49. The topological polar surface area (TPSA) is 71.8 Å². The molecule has 1 saturated carbocycles. The third-order valence-electron chi connectivity index (χ3n) is 8.60. The summed E-state index contributed by atoms with van der Waals surface area (Å²) in [5, 5.41) is 11.2. The maximum atomic E-state index is 14.2. The van der Waals surface area contributed by atoms with Gasteiger partial charge in [0.2, 0.25) is 5.91 Å². The number of hydrogen-bond donors (Lipinski definition) is 1. The lowest BCUT2D eigenvalue weighted by molar-refractivity contribution is -0.146. The van der Waals surface area contributed by atoms with Crippen LogP contribution in [0.3, 0.4) is 0 Å². The van der Waals surface area contributed by atoms with E-state index in [1.54, 1.807) is 6.07 Å². The Morgan fingerprint density at radius 1 is 0.919 bits per heavy atom. The van der Waals surface area contributed by atoms with E-state index in [0.29, 0.717) is 37.4 Å². The normalized spacial score (nSPS) is 24.4. The van der Waals surface area contributed by atoms with Gasteiger partial charge in [0.1, 0.15) is 6.04 Å². The molecule has 1 saturated heterocycles. The van der Waals surface area contributed by atoms with Gasteiger partial charge in [0.25, 0.3) is 0 Å². The first-order chi connectivity index (χ1) is 17.9. The molecule has 6 rings (SSSR count). The number of carbonyl (C=O) groups excluding carboxylic acids is 1. The number of benzene rings is 2. The van der Waals surface area contributed by atoms with Crippen molar-refractivity contribution in [2.24, 2.45) is 0 Å². The van der Waals surface area contributed by atoms with Gasteiger partial charge in [0.05, 0.1) is 29.0 Å². The molecule has 3 aliphatic rings. The predicted molar refractivity (Wildman–Crippen MR) is 144 cm³/mol. The quantitative estimate of drug-likeness (QED) is 0.465. The van der Waals surface area contributed by atoms with Crippen molar-refractivity contribution in [3.63, 3.8) is 0 Å². The third kappa shape index (κ3) is 4.15. The summed E-state index contributed by atoms with van der Waals surface area (Å²) in [6.07, 6.45) is 7.12. The second-order valence-corrected chi connectivity index (χ2v) is 11.2. The summed E-state index contributed by atoms with van der Waals surface area (Å²) < 4.78 is 8.16. The summed E-state index contributed by atoms with van der Waals surface area (Å²) in [5.41, 5.74) is 5.71. The number of carbonyl (C=O) groups is 2. The van der Waals surface area contributed by atoms with Crippen LogP contribution in [0.15, 0.2) is 42.5 Å². The molecule has 6 nitrogen and oxygen atoms in total. The number of amides is 1. The molecule has 0 bridgehead atoms. The Kier molecular flexibility index (Phi) is 6.31. The van der Waals surface area contributed by atoms with E-state index in [9.17, 15) is 14.7 Å². The molecular formula is C31H36N2O4. The minimum Gasteiger partial charge on any atom is -0.478 e. The lowest BCUT2D eigenvalue weighted by Gasteiger charge is -2.39. The van der Waals surface area contributed by atoms with E-state index in [2.05, 4.69) is 28.8 Å². The second-order valence-electron chi connectivity index (χ2n) is 11.2. The molecule has 194 valence electrons. The van der Waals surface area contributed by atoms with Crippen LogP contribution in [-0.4, -0.2) is 51.7 Å². The van der Waals surface area contributed by atoms with Crippen molar-refractivity contribution in [1.82, 2.24) is 9.47 Å². The van der Waals surface area contributed by atoms with Crippen LogP contribution in [0, 0.1) is 0 Å². The number of aryl methyl sites for hydroxylation is 1. The molecule has 1 amide bonds. The van der Waals surface area contributed by atoms with E-state index in [1.165, 1.54) is 24.8 Å². The third-order valence-corrected chi connectivity index (χ3v) is 8.60. The van der Waals surface area contributed by atoms with Gasteiger partial charge in [-0.3, -0.25) is 4.79 Å². The number of nitrogens with zero attached hydrogens (tertiary/aromatic N) is 2. The van der Waals surface area contributed by atoms with Crippen molar-refractivity contribution in [2.75, 3.05) is 13.1 Å². The lowest BCUT2D eigenvalue weighted by atomic mass is 9.81. The molecule has 3 atom stereocenters. The molecule has 2 fully saturated rings. The number of rotatable bonds is 4. The Bertz CT molecular complexity index is 1330. The monoisotopic (exact) mass is 500 g/mol. The maximum Gasteiger partial charge on any atom is 0.336 e. The summed E-state index contributed by atoms with van der Waals surface area (Å²) in [7, 11) is 0. The highest BCUT2D eigenvalue weighted by Gasteiger charge is 2.39. The van der Waals surface area contributed by atoms with Gasteiger partial charge >= 0.3 is 5.97 Å². The molecule has 1 N–H and O–H groups in total. The van der Waals surface area contributed by atoms with Gasteiger partial charge in [-0.2, -0.15) is 0 Å². The number of morpholine rings is 1. The van der Waals surface area contributed by atoms with Crippen LogP contribution in [0.1, 0.15) is 85.8 Å². The molecule has 0 spiro atoms. The average Bonchev–Trinajstić information content (AvgIpc) is 3.25. The predicted octanol–water partition coefficient (Wildman–Crippen LogP) is 6.18. The standard InChI is InChI=1S/C31H36N2O4/c1-19-17-32(18-20(2)37-19)30(34)26-16-15-23-24(31(35)36)13-14-25-27(21-9-5-3-6-10-21)28(33(26)29(23)25)22-11-7-4-8-12-22/h4,7-8,11-14,19-21,26H,3,5-6,9-10,15-18H2,1-2H3,(H,35,36). The van der Waals surface area contributed by atoms with Crippen LogP contribution in [0.2, 0.25) is 0 Å². The van der Waals surface area contributed by atoms with Crippen LogP contribution in [0.25, 0.3) is 22.2 Å².